The maximum absolute atomic E-state index is 12.4. The smallest absolute Gasteiger partial charge is 0.251 e. The summed E-state index contributed by atoms with van der Waals surface area (Å²) in [4.78, 5) is 12.4. The molecule has 3 aromatic rings. The molecule has 146 valence electrons. The second-order valence-corrected chi connectivity index (χ2v) is 7.85. The van der Waals surface area contributed by atoms with Crippen molar-refractivity contribution in [2.24, 2.45) is 5.73 Å². The van der Waals surface area contributed by atoms with Crippen LogP contribution in [-0.2, 0) is 13.0 Å². The van der Waals surface area contributed by atoms with Crippen molar-refractivity contribution in [1.82, 2.24) is 4.57 Å². The Morgan fingerprint density at radius 3 is 2.39 bits per heavy atom. The summed E-state index contributed by atoms with van der Waals surface area (Å²) in [7, 11) is 0. The fourth-order valence-electron chi connectivity index (χ4n) is 3.66. The molecule has 3 rings (SSSR count). The SMILES string of the molecule is CCCCc1c(-c2ccc(Cl)cc2)c(C(N)=O)c(C)n1Cc1cccc(Cl)c1. The van der Waals surface area contributed by atoms with E-state index in [0.29, 0.717) is 22.2 Å². The minimum atomic E-state index is -0.412. The van der Waals surface area contributed by atoms with Crippen LogP contribution in [0.1, 0.15) is 47.1 Å². The number of unbranched alkanes of at least 4 members (excludes halogenated alkanes) is 1. The van der Waals surface area contributed by atoms with Gasteiger partial charge in [0.1, 0.15) is 0 Å². The highest BCUT2D eigenvalue weighted by Gasteiger charge is 2.24. The van der Waals surface area contributed by atoms with Gasteiger partial charge in [0.2, 0.25) is 0 Å². The van der Waals surface area contributed by atoms with E-state index in [1.807, 2.05) is 55.5 Å². The Morgan fingerprint density at radius 1 is 1.07 bits per heavy atom. The molecule has 1 amide bonds. The maximum Gasteiger partial charge on any atom is 0.251 e. The predicted octanol–water partition coefficient (Wildman–Crippen LogP) is 6.26. The fourth-order valence-corrected chi connectivity index (χ4v) is 4.00. The Labute approximate surface area is 176 Å². The number of primary amides is 1. The number of halogens is 2. The van der Waals surface area contributed by atoms with E-state index in [0.717, 1.165) is 47.3 Å². The number of nitrogens with zero attached hydrogens (tertiary/aromatic N) is 1. The Balaban J connectivity index is 2.21. The van der Waals surface area contributed by atoms with Gasteiger partial charge < -0.3 is 10.3 Å². The molecule has 0 fully saturated rings. The lowest BCUT2D eigenvalue weighted by atomic mass is 9.97. The van der Waals surface area contributed by atoms with Crippen LogP contribution in [0.4, 0.5) is 0 Å². The van der Waals surface area contributed by atoms with Gasteiger partial charge in [-0.25, -0.2) is 0 Å². The number of amides is 1. The Kier molecular flexibility index (Phi) is 6.48. The van der Waals surface area contributed by atoms with Gasteiger partial charge in [-0.2, -0.15) is 0 Å². The topological polar surface area (TPSA) is 48.0 Å². The zero-order valence-corrected chi connectivity index (χ0v) is 17.6. The molecule has 3 nitrogen and oxygen atoms in total. The van der Waals surface area contributed by atoms with Crippen LogP contribution in [0.2, 0.25) is 10.0 Å². The van der Waals surface area contributed by atoms with Crippen LogP contribution in [-0.4, -0.2) is 10.5 Å². The molecule has 0 saturated heterocycles. The fraction of sp³-hybridized carbons (Fsp3) is 0.261. The van der Waals surface area contributed by atoms with E-state index in [2.05, 4.69) is 11.5 Å². The van der Waals surface area contributed by atoms with Crippen LogP contribution in [0.15, 0.2) is 48.5 Å². The van der Waals surface area contributed by atoms with E-state index < -0.39 is 5.91 Å². The second-order valence-electron chi connectivity index (χ2n) is 6.97. The molecule has 0 aliphatic heterocycles. The summed E-state index contributed by atoms with van der Waals surface area (Å²) in [6.45, 7) is 4.76. The molecule has 1 aromatic heterocycles. The maximum atomic E-state index is 12.4. The van der Waals surface area contributed by atoms with Gasteiger partial charge >= 0.3 is 0 Å². The number of rotatable bonds is 7. The average molecular weight is 415 g/mol. The summed E-state index contributed by atoms with van der Waals surface area (Å²) in [6.07, 6.45) is 2.95. The van der Waals surface area contributed by atoms with Crippen LogP contribution in [0.5, 0.6) is 0 Å². The summed E-state index contributed by atoms with van der Waals surface area (Å²) in [6, 6.07) is 15.4. The highest BCUT2D eigenvalue weighted by molar-refractivity contribution is 6.30. The molecule has 0 atom stereocenters. The minimum Gasteiger partial charge on any atom is -0.366 e. The number of hydrogen-bond donors (Lipinski definition) is 1. The van der Waals surface area contributed by atoms with E-state index in [-0.39, 0.29) is 0 Å². The summed E-state index contributed by atoms with van der Waals surface area (Å²) >= 11 is 12.3. The van der Waals surface area contributed by atoms with Crippen molar-refractivity contribution in [3.05, 3.63) is 81.1 Å². The molecule has 2 aromatic carbocycles. The molecule has 1 heterocycles. The molecular formula is C23H24Cl2N2O. The van der Waals surface area contributed by atoms with E-state index in [9.17, 15) is 4.79 Å². The third-order valence-electron chi connectivity index (χ3n) is 5.01. The highest BCUT2D eigenvalue weighted by Crippen LogP contribution is 2.35. The van der Waals surface area contributed by atoms with Gasteiger partial charge in [-0.3, -0.25) is 4.79 Å². The average Bonchev–Trinajstić information content (AvgIpc) is 2.93. The molecule has 28 heavy (non-hydrogen) atoms. The first kappa shape index (κ1) is 20.5. The minimum absolute atomic E-state index is 0.412. The van der Waals surface area contributed by atoms with E-state index >= 15 is 0 Å². The molecule has 0 aliphatic rings. The zero-order chi connectivity index (χ0) is 20.3. The first-order valence-corrected chi connectivity index (χ1v) is 10.2. The van der Waals surface area contributed by atoms with Crippen molar-refractivity contribution in [3.63, 3.8) is 0 Å². The van der Waals surface area contributed by atoms with Gasteiger partial charge in [0.15, 0.2) is 0 Å². The number of carbonyl (C=O) groups excluding carboxylic acids is 1. The molecule has 5 heteroatoms. The van der Waals surface area contributed by atoms with Crippen molar-refractivity contribution in [2.45, 2.75) is 39.7 Å². The van der Waals surface area contributed by atoms with Crippen LogP contribution >= 0.6 is 23.2 Å². The Bertz CT molecular complexity index is 991. The third kappa shape index (κ3) is 4.26. The predicted molar refractivity (Wildman–Crippen MR) is 117 cm³/mol. The number of benzene rings is 2. The normalized spacial score (nSPS) is 11.0. The van der Waals surface area contributed by atoms with Crippen molar-refractivity contribution < 1.29 is 4.79 Å². The summed E-state index contributed by atoms with van der Waals surface area (Å²) in [5.41, 5.74) is 11.3. The first-order valence-electron chi connectivity index (χ1n) is 9.44. The molecule has 0 unspecified atom stereocenters. The third-order valence-corrected chi connectivity index (χ3v) is 5.49. The second kappa shape index (κ2) is 8.85. The van der Waals surface area contributed by atoms with Gasteiger partial charge in [-0.15, -0.1) is 0 Å². The van der Waals surface area contributed by atoms with Crippen molar-refractivity contribution >= 4 is 29.1 Å². The number of hydrogen-bond acceptors (Lipinski definition) is 1. The lowest BCUT2D eigenvalue weighted by Gasteiger charge is -2.14. The Morgan fingerprint density at radius 2 is 1.79 bits per heavy atom. The van der Waals surface area contributed by atoms with Crippen molar-refractivity contribution in [1.29, 1.82) is 0 Å². The van der Waals surface area contributed by atoms with Gasteiger partial charge in [0, 0.05) is 33.5 Å². The molecule has 0 aliphatic carbocycles. The molecule has 0 radical (unpaired) electrons. The molecule has 2 N–H and O–H groups in total. The van der Waals surface area contributed by atoms with Gasteiger partial charge in [0.05, 0.1) is 5.56 Å². The number of nitrogens with two attached hydrogens (primary N) is 1. The monoisotopic (exact) mass is 414 g/mol. The summed E-state index contributed by atoms with van der Waals surface area (Å²) < 4.78 is 2.20. The lowest BCUT2D eigenvalue weighted by Crippen LogP contribution is -2.13. The standard InChI is InChI=1S/C23H24Cl2N2O/c1-3-4-8-20-22(17-9-11-18(24)12-10-17)21(23(26)28)15(2)27(20)14-16-6-5-7-19(25)13-16/h5-7,9-13H,3-4,8,14H2,1-2H3,(H2,26,28). The van der Waals surface area contributed by atoms with Crippen LogP contribution in [0.3, 0.4) is 0 Å². The Hall–Kier alpha value is -2.23. The van der Waals surface area contributed by atoms with Gasteiger partial charge in [0.25, 0.3) is 5.91 Å². The molecule has 0 bridgehead atoms. The van der Waals surface area contributed by atoms with Crippen LogP contribution in [0, 0.1) is 6.92 Å². The number of aromatic nitrogens is 1. The van der Waals surface area contributed by atoms with E-state index in [1.165, 1.54) is 0 Å². The zero-order valence-electron chi connectivity index (χ0n) is 16.1. The van der Waals surface area contributed by atoms with Crippen molar-refractivity contribution in [2.75, 3.05) is 0 Å². The molecule has 0 spiro atoms. The van der Waals surface area contributed by atoms with Gasteiger partial charge in [-0.05, 0) is 55.2 Å². The van der Waals surface area contributed by atoms with Crippen LogP contribution < -0.4 is 5.73 Å². The lowest BCUT2D eigenvalue weighted by molar-refractivity contribution is 0.1000. The number of carbonyl (C=O) groups is 1. The molecule has 0 saturated carbocycles. The van der Waals surface area contributed by atoms with Crippen molar-refractivity contribution in [3.8, 4) is 11.1 Å². The highest BCUT2D eigenvalue weighted by atomic mass is 35.5. The van der Waals surface area contributed by atoms with Gasteiger partial charge in [-0.1, -0.05) is 60.8 Å². The largest absolute Gasteiger partial charge is 0.366 e. The summed E-state index contributed by atoms with van der Waals surface area (Å²) in [5, 5.41) is 1.36. The quantitative estimate of drug-likeness (QED) is 0.486. The summed E-state index contributed by atoms with van der Waals surface area (Å²) in [5.74, 6) is -0.412. The van der Waals surface area contributed by atoms with E-state index in [1.54, 1.807) is 0 Å². The first-order chi connectivity index (χ1) is 13.4. The molecular weight excluding hydrogens is 391 g/mol. The van der Waals surface area contributed by atoms with Crippen LogP contribution in [0.25, 0.3) is 11.1 Å². The van der Waals surface area contributed by atoms with E-state index in [4.69, 9.17) is 28.9 Å².